The normalized spacial score (nSPS) is 9.53. The summed E-state index contributed by atoms with van der Waals surface area (Å²) in [5.74, 6) is 0.124. The summed E-state index contributed by atoms with van der Waals surface area (Å²) in [4.78, 5) is 17.1. The van der Waals surface area contributed by atoms with E-state index in [0.29, 0.717) is 0 Å². The molecule has 0 fully saturated rings. The highest BCUT2D eigenvalue weighted by Gasteiger charge is 1.95. The van der Waals surface area contributed by atoms with Crippen molar-refractivity contribution in [3.8, 4) is 0 Å². The molecule has 0 bridgehead atoms. The summed E-state index contributed by atoms with van der Waals surface area (Å²) in [5.41, 5.74) is 17.6. The molecule has 0 spiro atoms. The Morgan fingerprint density at radius 3 is 2.00 bits per heavy atom. The van der Waals surface area contributed by atoms with Crippen molar-refractivity contribution in [2.45, 2.75) is 20.8 Å². The van der Waals surface area contributed by atoms with Gasteiger partial charge >= 0.3 is 0 Å². The average molecular weight is 286 g/mol. The van der Waals surface area contributed by atoms with Gasteiger partial charge < -0.3 is 22.0 Å². The van der Waals surface area contributed by atoms with Gasteiger partial charge in [0, 0.05) is 0 Å². The maximum absolute atomic E-state index is 9.44. The zero-order chi connectivity index (χ0) is 14.1. The molecule has 0 unspecified atom stereocenters. The number of rotatable bonds is 1. The number of Topliss-reactive ketones (excluding diaryl/α,β-unsaturated/α-hetero) is 1. The van der Waals surface area contributed by atoms with E-state index in [-0.39, 0.29) is 30.1 Å². The van der Waals surface area contributed by atoms with Crippen LogP contribution in [0.2, 0.25) is 0 Å². The van der Waals surface area contributed by atoms with Gasteiger partial charge in [-0.3, -0.25) is 0 Å². The van der Waals surface area contributed by atoms with Crippen LogP contribution in [-0.4, -0.2) is 17.7 Å². The molecule has 106 valence electrons. The number of halogens is 1. The second-order valence-corrected chi connectivity index (χ2v) is 3.70. The summed E-state index contributed by atoms with van der Waals surface area (Å²) in [6, 6.07) is 7.56. The molecule has 0 aliphatic heterocycles. The van der Waals surface area contributed by atoms with Crippen LogP contribution in [0.4, 0.5) is 5.69 Å². The Hall–Kier alpha value is -2.08. The SMILES string of the molecule is CC(C)=O.Cc1ccccc1N=C(N)N=C(N)N.Cl. The topological polar surface area (TPSA) is 120 Å². The standard InChI is InChI=1S/C9H13N5.C3H6O.ClH/c1-6-4-2-3-5-7(6)13-9(12)14-8(10)11;1-3(2)4;/h2-5H,1H3,(H6,10,11,12,13,14);1-2H3;1H. The maximum Gasteiger partial charge on any atom is 0.223 e. The van der Waals surface area contributed by atoms with E-state index in [2.05, 4.69) is 9.98 Å². The van der Waals surface area contributed by atoms with Gasteiger partial charge in [0.15, 0.2) is 5.96 Å². The number of benzene rings is 1. The van der Waals surface area contributed by atoms with Crippen molar-refractivity contribution in [3.63, 3.8) is 0 Å². The van der Waals surface area contributed by atoms with Crippen molar-refractivity contribution in [2.75, 3.05) is 0 Å². The van der Waals surface area contributed by atoms with Crippen molar-refractivity contribution in [2.24, 2.45) is 27.2 Å². The van der Waals surface area contributed by atoms with Crippen molar-refractivity contribution < 1.29 is 4.79 Å². The molecule has 0 saturated carbocycles. The third-order valence-electron chi connectivity index (χ3n) is 1.59. The zero-order valence-electron chi connectivity index (χ0n) is 11.3. The first-order valence-corrected chi connectivity index (χ1v) is 5.29. The minimum Gasteiger partial charge on any atom is -0.370 e. The molecular formula is C12H20ClN5O. The predicted octanol–water partition coefficient (Wildman–Crippen LogP) is 1.23. The summed E-state index contributed by atoms with van der Waals surface area (Å²) in [7, 11) is 0. The Bertz CT molecular complexity index is 463. The molecule has 0 radical (unpaired) electrons. The number of hydrogen-bond donors (Lipinski definition) is 3. The fourth-order valence-electron chi connectivity index (χ4n) is 0.970. The van der Waals surface area contributed by atoms with Gasteiger partial charge in [-0.2, -0.15) is 4.99 Å². The lowest BCUT2D eigenvalue weighted by Gasteiger charge is -1.99. The molecule has 1 aromatic rings. The molecular weight excluding hydrogens is 266 g/mol. The fraction of sp³-hybridized carbons (Fsp3) is 0.250. The summed E-state index contributed by atoms with van der Waals surface area (Å²) >= 11 is 0. The van der Waals surface area contributed by atoms with Crippen LogP contribution < -0.4 is 17.2 Å². The second kappa shape index (κ2) is 9.90. The number of nitrogens with zero attached hydrogens (tertiary/aromatic N) is 2. The van der Waals surface area contributed by atoms with E-state index < -0.39 is 0 Å². The number of ketones is 1. The molecule has 0 heterocycles. The first kappa shape index (κ1) is 19.3. The molecule has 1 rings (SSSR count). The highest BCUT2D eigenvalue weighted by atomic mass is 35.5. The summed E-state index contributed by atoms with van der Waals surface area (Å²) in [5, 5.41) is 0. The molecule has 0 saturated heterocycles. The molecule has 19 heavy (non-hydrogen) atoms. The maximum atomic E-state index is 9.44. The van der Waals surface area contributed by atoms with E-state index in [4.69, 9.17) is 17.2 Å². The summed E-state index contributed by atoms with van der Waals surface area (Å²) < 4.78 is 0. The second-order valence-electron chi connectivity index (χ2n) is 3.70. The lowest BCUT2D eigenvalue weighted by molar-refractivity contribution is -0.114. The Morgan fingerprint density at radius 1 is 1.11 bits per heavy atom. The first-order chi connectivity index (χ1) is 8.32. The predicted molar refractivity (Wildman–Crippen MR) is 81.9 cm³/mol. The number of carbonyl (C=O) groups is 1. The van der Waals surface area contributed by atoms with Gasteiger partial charge in [-0.1, -0.05) is 18.2 Å². The van der Waals surface area contributed by atoms with Gasteiger partial charge in [-0.25, -0.2) is 4.99 Å². The Balaban J connectivity index is 0. The number of nitrogens with two attached hydrogens (primary N) is 3. The Morgan fingerprint density at radius 2 is 1.58 bits per heavy atom. The third kappa shape index (κ3) is 10.8. The lowest BCUT2D eigenvalue weighted by atomic mass is 10.2. The van der Waals surface area contributed by atoms with Gasteiger partial charge in [0.05, 0.1) is 5.69 Å². The Labute approximate surface area is 119 Å². The van der Waals surface area contributed by atoms with E-state index in [9.17, 15) is 4.79 Å². The van der Waals surface area contributed by atoms with Crippen molar-refractivity contribution in [3.05, 3.63) is 29.8 Å². The lowest BCUT2D eigenvalue weighted by Crippen LogP contribution is -2.26. The zero-order valence-corrected chi connectivity index (χ0v) is 12.1. The van der Waals surface area contributed by atoms with E-state index in [1.165, 1.54) is 13.8 Å². The van der Waals surface area contributed by atoms with Gasteiger partial charge in [0.25, 0.3) is 0 Å². The number of aliphatic imine (C=N–C) groups is 2. The van der Waals surface area contributed by atoms with E-state index in [0.717, 1.165) is 11.3 Å². The summed E-state index contributed by atoms with van der Waals surface area (Å²) in [6.07, 6.45) is 0. The van der Waals surface area contributed by atoms with Crippen LogP contribution in [0.25, 0.3) is 0 Å². The van der Waals surface area contributed by atoms with Crippen LogP contribution in [0.3, 0.4) is 0 Å². The number of para-hydroxylation sites is 1. The average Bonchev–Trinajstić information content (AvgIpc) is 2.19. The van der Waals surface area contributed by atoms with Crippen LogP contribution in [0.1, 0.15) is 19.4 Å². The van der Waals surface area contributed by atoms with Crippen molar-refractivity contribution >= 4 is 35.8 Å². The molecule has 0 aromatic heterocycles. The largest absolute Gasteiger partial charge is 0.370 e. The van der Waals surface area contributed by atoms with Gasteiger partial charge in [0.1, 0.15) is 5.78 Å². The fourth-order valence-corrected chi connectivity index (χ4v) is 0.970. The highest BCUT2D eigenvalue weighted by molar-refractivity contribution is 5.93. The molecule has 6 N–H and O–H groups in total. The summed E-state index contributed by atoms with van der Waals surface area (Å²) in [6.45, 7) is 4.99. The van der Waals surface area contributed by atoms with Crippen LogP contribution in [0, 0.1) is 6.92 Å². The molecule has 1 aromatic carbocycles. The molecule has 7 heteroatoms. The minimum atomic E-state index is -0.0974. The molecule has 6 nitrogen and oxygen atoms in total. The monoisotopic (exact) mass is 285 g/mol. The molecule has 0 aliphatic carbocycles. The quantitative estimate of drug-likeness (QED) is 0.531. The molecule has 0 amide bonds. The van der Waals surface area contributed by atoms with Crippen LogP contribution >= 0.6 is 12.4 Å². The van der Waals surface area contributed by atoms with Gasteiger partial charge in [-0.05, 0) is 32.4 Å². The number of aryl methyl sites for hydroxylation is 1. The van der Waals surface area contributed by atoms with Crippen molar-refractivity contribution in [1.82, 2.24) is 0 Å². The van der Waals surface area contributed by atoms with Gasteiger partial charge in [-0.15, -0.1) is 12.4 Å². The smallest absolute Gasteiger partial charge is 0.223 e. The first-order valence-electron chi connectivity index (χ1n) is 5.29. The minimum absolute atomic E-state index is 0. The van der Waals surface area contributed by atoms with E-state index >= 15 is 0 Å². The van der Waals surface area contributed by atoms with Crippen LogP contribution in [0.15, 0.2) is 34.3 Å². The number of carbonyl (C=O) groups excluding carboxylic acids is 1. The highest BCUT2D eigenvalue weighted by Crippen LogP contribution is 2.16. The van der Waals surface area contributed by atoms with Crippen LogP contribution in [0.5, 0.6) is 0 Å². The molecule has 0 aliphatic rings. The van der Waals surface area contributed by atoms with Crippen LogP contribution in [-0.2, 0) is 4.79 Å². The van der Waals surface area contributed by atoms with E-state index in [1.54, 1.807) is 0 Å². The van der Waals surface area contributed by atoms with Gasteiger partial charge in [0.2, 0.25) is 5.96 Å². The van der Waals surface area contributed by atoms with E-state index in [1.807, 2.05) is 31.2 Å². The number of guanidine groups is 2. The molecule has 0 atom stereocenters. The third-order valence-corrected chi connectivity index (χ3v) is 1.59. The van der Waals surface area contributed by atoms with Crippen molar-refractivity contribution in [1.29, 1.82) is 0 Å². The Kier molecular flexibility index (Phi) is 10.0. The number of hydrogen-bond acceptors (Lipinski definition) is 2.